The van der Waals surface area contributed by atoms with Gasteiger partial charge in [0.05, 0.1) is 11.9 Å². The van der Waals surface area contributed by atoms with E-state index in [1.165, 1.54) is 17.8 Å². The molecule has 1 unspecified atom stereocenters. The summed E-state index contributed by atoms with van der Waals surface area (Å²) >= 11 is 0. The fraction of sp³-hybridized carbons (Fsp3) is 0.278. The standard InChI is InChI=1S/C18H20N4O2/c19-17(23)16-7-6-15(11-20-16)21-18(24)22-9-8-14(12-22)10-13-4-2-1-3-5-13/h1-7,11,14H,8-10,12H2,(H2,19,23)(H,21,24). The second-order valence-corrected chi connectivity index (χ2v) is 6.02. The molecule has 0 aliphatic carbocycles. The van der Waals surface area contributed by atoms with Crippen LogP contribution in [-0.2, 0) is 6.42 Å². The Balaban J connectivity index is 1.53. The van der Waals surface area contributed by atoms with Gasteiger partial charge >= 0.3 is 6.03 Å². The van der Waals surface area contributed by atoms with Crippen LogP contribution >= 0.6 is 0 Å². The molecule has 1 aliphatic heterocycles. The molecule has 24 heavy (non-hydrogen) atoms. The largest absolute Gasteiger partial charge is 0.364 e. The highest BCUT2D eigenvalue weighted by atomic mass is 16.2. The number of carbonyl (C=O) groups excluding carboxylic acids is 2. The Kier molecular flexibility index (Phi) is 4.74. The number of hydrogen-bond acceptors (Lipinski definition) is 3. The molecule has 6 nitrogen and oxygen atoms in total. The minimum absolute atomic E-state index is 0.140. The fourth-order valence-corrected chi connectivity index (χ4v) is 2.95. The second kappa shape index (κ2) is 7.12. The molecule has 0 bridgehead atoms. The number of aromatic nitrogens is 1. The summed E-state index contributed by atoms with van der Waals surface area (Å²) in [6.45, 7) is 1.49. The molecule has 1 atom stereocenters. The Morgan fingerprint density at radius 2 is 2.00 bits per heavy atom. The summed E-state index contributed by atoms with van der Waals surface area (Å²) < 4.78 is 0. The number of urea groups is 1. The molecule has 0 saturated carbocycles. The second-order valence-electron chi connectivity index (χ2n) is 6.02. The van der Waals surface area contributed by atoms with Crippen molar-refractivity contribution in [2.45, 2.75) is 12.8 Å². The number of nitrogens with one attached hydrogen (secondary N) is 1. The van der Waals surface area contributed by atoms with Gasteiger partial charge in [-0.1, -0.05) is 30.3 Å². The number of anilines is 1. The predicted molar refractivity (Wildman–Crippen MR) is 91.6 cm³/mol. The third kappa shape index (κ3) is 3.90. The fourth-order valence-electron chi connectivity index (χ4n) is 2.95. The summed E-state index contributed by atoms with van der Waals surface area (Å²) in [6, 6.07) is 13.3. The van der Waals surface area contributed by atoms with Crippen LogP contribution in [0.2, 0.25) is 0 Å². The van der Waals surface area contributed by atoms with Crippen molar-refractivity contribution in [1.29, 1.82) is 0 Å². The number of rotatable bonds is 4. The zero-order valence-electron chi connectivity index (χ0n) is 13.3. The molecule has 3 N–H and O–H groups in total. The van der Waals surface area contributed by atoms with Crippen molar-refractivity contribution in [3.63, 3.8) is 0 Å². The van der Waals surface area contributed by atoms with Crippen LogP contribution in [0.15, 0.2) is 48.7 Å². The molecule has 2 heterocycles. The first kappa shape index (κ1) is 16.0. The van der Waals surface area contributed by atoms with Gasteiger partial charge in [-0.25, -0.2) is 9.78 Å². The Morgan fingerprint density at radius 1 is 1.21 bits per heavy atom. The average Bonchev–Trinajstić information content (AvgIpc) is 3.05. The highest BCUT2D eigenvalue weighted by molar-refractivity contribution is 5.92. The minimum Gasteiger partial charge on any atom is -0.364 e. The zero-order valence-corrected chi connectivity index (χ0v) is 13.3. The van der Waals surface area contributed by atoms with Gasteiger partial charge in [0.1, 0.15) is 5.69 Å². The number of nitrogens with two attached hydrogens (primary N) is 1. The molecule has 3 rings (SSSR count). The van der Waals surface area contributed by atoms with Crippen molar-refractivity contribution < 1.29 is 9.59 Å². The lowest BCUT2D eigenvalue weighted by molar-refractivity contribution is 0.0995. The van der Waals surface area contributed by atoms with Crippen molar-refractivity contribution in [2.75, 3.05) is 18.4 Å². The highest BCUT2D eigenvalue weighted by Gasteiger charge is 2.26. The van der Waals surface area contributed by atoms with E-state index in [0.717, 1.165) is 25.9 Å². The number of hydrogen-bond donors (Lipinski definition) is 2. The third-order valence-corrected chi connectivity index (χ3v) is 4.21. The Morgan fingerprint density at radius 3 is 2.67 bits per heavy atom. The predicted octanol–water partition coefficient (Wildman–Crippen LogP) is 2.28. The molecular weight excluding hydrogens is 304 g/mol. The summed E-state index contributed by atoms with van der Waals surface area (Å²) in [5.41, 5.74) is 7.18. The van der Waals surface area contributed by atoms with Gasteiger partial charge < -0.3 is 16.0 Å². The number of carbonyl (C=O) groups is 2. The van der Waals surface area contributed by atoms with Crippen LogP contribution in [0, 0.1) is 5.92 Å². The first-order valence-corrected chi connectivity index (χ1v) is 7.97. The minimum atomic E-state index is -0.587. The molecule has 0 spiro atoms. The number of amides is 3. The first-order chi connectivity index (χ1) is 11.6. The van der Waals surface area contributed by atoms with E-state index in [0.29, 0.717) is 11.6 Å². The van der Waals surface area contributed by atoms with E-state index >= 15 is 0 Å². The number of pyridine rings is 1. The molecular formula is C18H20N4O2. The van der Waals surface area contributed by atoms with Crippen LogP contribution in [-0.4, -0.2) is 34.9 Å². The smallest absolute Gasteiger partial charge is 0.321 e. The van der Waals surface area contributed by atoms with Crippen LogP contribution in [0.4, 0.5) is 10.5 Å². The van der Waals surface area contributed by atoms with Gasteiger partial charge in [-0.2, -0.15) is 0 Å². The molecule has 1 aromatic carbocycles. The van der Waals surface area contributed by atoms with Gasteiger partial charge in [0.15, 0.2) is 0 Å². The van der Waals surface area contributed by atoms with E-state index in [-0.39, 0.29) is 11.7 Å². The first-order valence-electron chi connectivity index (χ1n) is 7.97. The van der Waals surface area contributed by atoms with E-state index < -0.39 is 5.91 Å². The summed E-state index contributed by atoms with van der Waals surface area (Å²) in [5.74, 6) is -0.107. The maximum atomic E-state index is 12.3. The molecule has 1 fully saturated rings. The number of primary amides is 1. The Bertz CT molecular complexity index is 716. The van der Waals surface area contributed by atoms with Gasteiger partial charge in [-0.05, 0) is 36.5 Å². The zero-order chi connectivity index (χ0) is 16.9. The maximum absolute atomic E-state index is 12.3. The molecule has 1 aromatic heterocycles. The molecule has 124 valence electrons. The monoisotopic (exact) mass is 324 g/mol. The summed E-state index contributed by atoms with van der Waals surface area (Å²) in [5, 5.41) is 2.81. The van der Waals surface area contributed by atoms with E-state index in [1.54, 1.807) is 6.07 Å². The van der Waals surface area contributed by atoms with Gasteiger partial charge in [0.25, 0.3) is 5.91 Å². The van der Waals surface area contributed by atoms with Gasteiger partial charge in [-0.15, -0.1) is 0 Å². The summed E-state index contributed by atoms with van der Waals surface area (Å²) in [7, 11) is 0. The maximum Gasteiger partial charge on any atom is 0.321 e. The van der Waals surface area contributed by atoms with E-state index in [9.17, 15) is 9.59 Å². The van der Waals surface area contributed by atoms with Crippen LogP contribution in [0.3, 0.4) is 0 Å². The van der Waals surface area contributed by atoms with Crippen molar-refractivity contribution in [1.82, 2.24) is 9.88 Å². The lowest BCUT2D eigenvalue weighted by Gasteiger charge is -2.17. The van der Waals surface area contributed by atoms with Crippen LogP contribution < -0.4 is 11.1 Å². The highest BCUT2D eigenvalue weighted by Crippen LogP contribution is 2.21. The average molecular weight is 324 g/mol. The Hall–Kier alpha value is -2.89. The lowest BCUT2D eigenvalue weighted by Crippen LogP contribution is -2.33. The van der Waals surface area contributed by atoms with Gasteiger partial charge in [0, 0.05) is 13.1 Å². The van der Waals surface area contributed by atoms with Gasteiger partial charge in [0.2, 0.25) is 0 Å². The molecule has 2 aromatic rings. The molecule has 1 aliphatic rings. The number of benzene rings is 1. The summed E-state index contributed by atoms with van der Waals surface area (Å²) in [6.07, 6.45) is 3.43. The van der Waals surface area contributed by atoms with E-state index in [2.05, 4.69) is 22.4 Å². The summed E-state index contributed by atoms with van der Waals surface area (Å²) in [4.78, 5) is 29.1. The van der Waals surface area contributed by atoms with Crippen LogP contribution in [0.5, 0.6) is 0 Å². The third-order valence-electron chi connectivity index (χ3n) is 4.21. The molecule has 0 radical (unpaired) electrons. The van der Waals surface area contributed by atoms with Crippen molar-refractivity contribution in [2.24, 2.45) is 11.7 Å². The van der Waals surface area contributed by atoms with Crippen molar-refractivity contribution in [3.05, 3.63) is 59.9 Å². The van der Waals surface area contributed by atoms with E-state index in [1.807, 2.05) is 23.1 Å². The van der Waals surface area contributed by atoms with E-state index in [4.69, 9.17) is 5.73 Å². The van der Waals surface area contributed by atoms with Crippen molar-refractivity contribution in [3.8, 4) is 0 Å². The lowest BCUT2D eigenvalue weighted by atomic mass is 9.99. The number of nitrogens with zero attached hydrogens (tertiary/aromatic N) is 2. The number of likely N-dealkylation sites (tertiary alicyclic amines) is 1. The topological polar surface area (TPSA) is 88.3 Å². The normalized spacial score (nSPS) is 16.8. The Labute approximate surface area is 140 Å². The molecule has 6 heteroatoms. The quantitative estimate of drug-likeness (QED) is 0.904. The van der Waals surface area contributed by atoms with Crippen LogP contribution in [0.1, 0.15) is 22.5 Å². The van der Waals surface area contributed by atoms with Crippen LogP contribution in [0.25, 0.3) is 0 Å². The molecule has 1 saturated heterocycles. The van der Waals surface area contributed by atoms with Crippen molar-refractivity contribution >= 4 is 17.6 Å². The molecule has 3 amide bonds. The SMILES string of the molecule is NC(=O)c1ccc(NC(=O)N2CCC(Cc3ccccc3)C2)cn1. The van der Waals surface area contributed by atoms with Gasteiger partial charge in [-0.3, -0.25) is 4.79 Å².